The van der Waals surface area contributed by atoms with Crippen molar-refractivity contribution in [2.75, 3.05) is 33.9 Å². The van der Waals surface area contributed by atoms with Crippen LogP contribution in [-0.4, -0.2) is 87.1 Å². The zero-order valence-electron chi connectivity index (χ0n) is 26.5. The number of hydrogen-bond donors (Lipinski definition) is 0. The molecule has 0 amide bonds. The fourth-order valence-electron chi connectivity index (χ4n) is 8.27. The summed E-state index contributed by atoms with van der Waals surface area (Å²) < 4.78 is 27.6. The van der Waals surface area contributed by atoms with E-state index in [4.69, 9.17) is 28.7 Å². The zero-order chi connectivity index (χ0) is 30.7. The molecule has 238 valence electrons. The maximum Gasteiger partial charge on any atom is 0.330 e. The smallest absolute Gasteiger partial charge is 0.330 e. The van der Waals surface area contributed by atoms with Crippen molar-refractivity contribution in [3.63, 3.8) is 0 Å². The summed E-state index contributed by atoms with van der Waals surface area (Å²) in [7, 11) is 5.56. The molecular formula is C32H44N6O6. The molecule has 3 aromatic rings. The monoisotopic (exact) mass is 608 g/mol. The standard InChI is InChI=1S/C32H44N6O6/c1-18-13-20(17-42-16-18)38-29-25(37(4)31(38)40)30(43-19(2)23-14-21(41-5)15-36(23)3)34-28(33-29)26-22-9-8-12-32(27(22)35-44-26)11-7-6-10-24(32)39/h18-21,23H,6-17H2,1-5H3/t18-,19-,20+,21+,23-,32+/m0/s1. The number of ketones is 1. The molecule has 0 N–H and O–H groups in total. The van der Waals surface area contributed by atoms with Gasteiger partial charge in [-0.15, -0.1) is 0 Å². The fourth-order valence-corrected chi connectivity index (χ4v) is 8.27. The zero-order valence-corrected chi connectivity index (χ0v) is 26.5. The van der Waals surface area contributed by atoms with Crippen molar-refractivity contribution in [1.29, 1.82) is 0 Å². The van der Waals surface area contributed by atoms with Gasteiger partial charge < -0.3 is 18.7 Å². The lowest BCUT2D eigenvalue weighted by Crippen LogP contribution is -2.41. The first-order valence-corrected chi connectivity index (χ1v) is 16.2. The highest BCUT2D eigenvalue weighted by molar-refractivity contribution is 5.91. The van der Waals surface area contributed by atoms with Gasteiger partial charge in [0.25, 0.3) is 0 Å². The number of fused-ring (bicyclic) bond motifs is 3. The maximum absolute atomic E-state index is 13.8. The molecule has 0 aromatic carbocycles. The summed E-state index contributed by atoms with van der Waals surface area (Å²) in [6, 6.07) is -0.0616. The molecule has 0 radical (unpaired) electrons. The van der Waals surface area contributed by atoms with Crippen LogP contribution >= 0.6 is 0 Å². The van der Waals surface area contributed by atoms with E-state index in [1.165, 1.54) is 0 Å². The summed E-state index contributed by atoms with van der Waals surface area (Å²) in [6.45, 7) is 6.09. The van der Waals surface area contributed by atoms with Crippen molar-refractivity contribution < 1.29 is 23.5 Å². The van der Waals surface area contributed by atoms with E-state index in [9.17, 15) is 9.59 Å². The van der Waals surface area contributed by atoms with Crippen LogP contribution < -0.4 is 10.4 Å². The highest BCUT2D eigenvalue weighted by Gasteiger charge is 2.48. The molecule has 2 aliphatic heterocycles. The first-order chi connectivity index (χ1) is 21.2. The van der Waals surface area contributed by atoms with Gasteiger partial charge in [0.1, 0.15) is 17.6 Å². The lowest BCUT2D eigenvalue weighted by atomic mass is 9.64. The van der Waals surface area contributed by atoms with Crippen LogP contribution in [0.3, 0.4) is 0 Å². The molecule has 0 unspecified atom stereocenters. The number of imidazole rings is 1. The van der Waals surface area contributed by atoms with Crippen LogP contribution in [-0.2, 0) is 33.2 Å². The van der Waals surface area contributed by atoms with Gasteiger partial charge in [0.15, 0.2) is 11.2 Å². The van der Waals surface area contributed by atoms with E-state index in [0.29, 0.717) is 54.2 Å². The molecule has 2 aliphatic carbocycles. The Morgan fingerprint density at radius 3 is 2.61 bits per heavy atom. The van der Waals surface area contributed by atoms with Gasteiger partial charge >= 0.3 is 5.69 Å². The van der Waals surface area contributed by atoms with E-state index < -0.39 is 5.41 Å². The fraction of sp³-hybridized carbons (Fsp3) is 0.719. The molecular weight excluding hydrogens is 564 g/mol. The van der Waals surface area contributed by atoms with Gasteiger partial charge in [-0.3, -0.25) is 18.8 Å². The third-order valence-corrected chi connectivity index (χ3v) is 10.6. The van der Waals surface area contributed by atoms with Gasteiger partial charge in [0.05, 0.1) is 24.2 Å². The number of carbonyl (C=O) groups excluding carboxylic acids is 1. The van der Waals surface area contributed by atoms with E-state index in [2.05, 4.69) is 24.0 Å². The normalized spacial score (nSPS) is 30.2. The summed E-state index contributed by atoms with van der Waals surface area (Å²) in [5, 5.41) is 4.54. The van der Waals surface area contributed by atoms with Crippen molar-refractivity contribution in [2.24, 2.45) is 13.0 Å². The van der Waals surface area contributed by atoms with Crippen LogP contribution in [0.15, 0.2) is 9.32 Å². The largest absolute Gasteiger partial charge is 0.471 e. The Morgan fingerprint density at radius 2 is 1.86 bits per heavy atom. The maximum atomic E-state index is 13.8. The number of likely N-dealkylation sites (N-methyl/N-ethyl adjacent to an activating group) is 1. The van der Waals surface area contributed by atoms with Crippen molar-refractivity contribution in [2.45, 2.75) is 101 Å². The van der Waals surface area contributed by atoms with Crippen molar-refractivity contribution in [3.05, 3.63) is 21.7 Å². The highest BCUT2D eigenvalue weighted by Crippen LogP contribution is 2.47. The van der Waals surface area contributed by atoms with E-state index >= 15 is 0 Å². The van der Waals surface area contributed by atoms with E-state index in [0.717, 1.165) is 69.2 Å². The first-order valence-electron chi connectivity index (χ1n) is 16.2. The number of methoxy groups -OCH3 is 1. The summed E-state index contributed by atoms with van der Waals surface area (Å²) in [6.07, 6.45) is 7.24. The van der Waals surface area contributed by atoms with Crippen molar-refractivity contribution >= 4 is 16.9 Å². The Morgan fingerprint density at radius 1 is 1.05 bits per heavy atom. The summed E-state index contributed by atoms with van der Waals surface area (Å²) >= 11 is 0. The summed E-state index contributed by atoms with van der Waals surface area (Å²) in [5.41, 5.74) is 1.92. The van der Waals surface area contributed by atoms with Crippen LogP contribution in [0.2, 0.25) is 0 Å². The van der Waals surface area contributed by atoms with Gasteiger partial charge in [-0.05, 0) is 64.8 Å². The SMILES string of the molecule is CO[C@@H]1C[C@@H]([C@H](C)Oc2nc(-c3onc4c3CCC[C@@]43CCCCC3=O)nc3c2n(C)c(=O)n3[C@H]2COC[C@@H](C)C2)N(C)C1. The van der Waals surface area contributed by atoms with Crippen molar-refractivity contribution in [3.8, 4) is 17.5 Å². The average Bonchev–Trinajstić information content (AvgIpc) is 3.69. The molecule has 0 bridgehead atoms. The third-order valence-electron chi connectivity index (χ3n) is 10.6. The summed E-state index contributed by atoms with van der Waals surface area (Å²) in [5.74, 6) is 1.69. The quantitative estimate of drug-likeness (QED) is 0.410. The molecule has 12 heteroatoms. The van der Waals surface area contributed by atoms with E-state index in [1.807, 2.05) is 6.92 Å². The van der Waals surface area contributed by atoms with Gasteiger partial charge in [-0.25, -0.2) is 9.78 Å². The van der Waals surface area contributed by atoms with Crippen LogP contribution in [0.25, 0.3) is 22.7 Å². The predicted molar refractivity (Wildman–Crippen MR) is 162 cm³/mol. The van der Waals surface area contributed by atoms with Gasteiger partial charge in [0, 0.05) is 45.3 Å². The van der Waals surface area contributed by atoms with Crippen LogP contribution in [0.5, 0.6) is 5.88 Å². The molecule has 44 heavy (non-hydrogen) atoms. The second-order valence-corrected chi connectivity index (χ2v) is 13.6. The number of aromatic nitrogens is 5. The topological polar surface area (TPSA) is 127 Å². The molecule has 12 nitrogen and oxygen atoms in total. The number of carbonyl (C=O) groups is 1. The Labute approximate surface area is 257 Å². The molecule has 3 aromatic heterocycles. The molecule has 4 aliphatic rings. The van der Waals surface area contributed by atoms with Crippen molar-refractivity contribution in [1.82, 2.24) is 29.2 Å². The number of Topliss-reactive ketones (excluding diaryl/α,β-unsaturated/α-hetero) is 1. The minimum atomic E-state index is -0.582. The Kier molecular flexibility index (Phi) is 7.65. The number of likely N-dealkylation sites (tertiary alicyclic amines) is 1. The Hall–Kier alpha value is -3.09. The lowest BCUT2D eigenvalue weighted by Gasteiger charge is -2.37. The second-order valence-electron chi connectivity index (χ2n) is 13.6. The minimum absolute atomic E-state index is 0.107. The third kappa shape index (κ3) is 4.71. The van der Waals surface area contributed by atoms with Gasteiger partial charge in [-0.2, -0.15) is 4.98 Å². The molecule has 5 heterocycles. The van der Waals surface area contributed by atoms with E-state index in [1.54, 1.807) is 23.3 Å². The van der Waals surface area contributed by atoms with Crippen LogP contribution in [0.4, 0.5) is 0 Å². The molecule has 6 atom stereocenters. The first kappa shape index (κ1) is 29.6. The number of ether oxygens (including phenoxy) is 3. The minimum Gasteiger partial charge on any atom is -0.471 e. The van der Waals surface area contributed by atoms with Crippen LogP contribution in [0, 0.1) is 5.92 Å². The number of nitrogens with zero attached hydrogens (tertiary/aromatic N) is 6. The molecule has 2 saturated heterocycles. The average molecular weight is 609 g/mol. The number of rotatable bonds is 6. The van der Waals surface area contributed by atoms with Crippen LogP contribution in [0.1, 0.15) is 82.5 Å². The molecule has 1 spiro atoms. The lowest BCUT2D eigenvalue weighted by molar-refractivity contribution is -0.127. The highest BCUT2D eigenvalue weighted by atomic mass is 16.5. The van der Waals surface area contributed by atoms with Gasteiger partial charge in [-0.1, -0.05) is 18.5 Å². The second kappa shape index (κ2) is 11.4. The van der Waals surface area contributed by atoms with Gasteiger partial charge in [0.2, 0.25) is 17.5 Å². The van der Waals surface area contributed by atoms with E-state index in [-0.39, 0.29) is 35.8 Å². The molecule has 1 saturated carbocycles. The number of hydrogen-bond acceptors (Lipinski definition) is 10. The molecule has 3 fully saturated rings. The number of aryl methyl sites for hydroxylation is 1. The Bertz CT molecular complexity index is 1630. The Balaban J connectivity index is 1.37. The predicted octanol–water partition coefficient (Wildman–Crippen LogP) is 3.59. The molecule has 7 rings (SSSR count). The summed E-state index contributed by atoms with van der Waals surface area (Å²) in [4.78, 5) is 39.4.